The number of aliphatic hydroxyl groups is 1. The van der Waals surface area contributed by atoms with Crippen molar-refractivity contribution in [3.05, 3.63) is 23.8 Å². The number of piperidine rings is 1. The van der Waals surface area contributed by atoms with Crippen LogP contribution in [0.3, 0.4) is 0 Å². The van der Waals surface area contributed by atoms with Gasteiger partial charge in [-0.05, 0) is 44.9 Å². The molecule has 0 spiro atoms. The Morgan fingerprint density at radius 2 is 1.96 bits per heavy atom. The number of sulfone groups is 1. The highest BCUT2D eigenvalue weighted by molar-refractivity contribution is 7.91. The molecule has 2 unspecified atom stereocenters. The van der Waals surface area contributed by atoms with Crippen molar-refractivity contribution in [2.24, 2.45) is 0 Å². The van der Waals surface area contributed by atoms with Crippen molar-refractivity contribution in [1.29, 1.82) is 0 Å². The number of aliphatic hydroxyl groups excluding tert-OH is 1. The van der Waals surface area contributed by atoms with Gasteiger partial charge in [-0.2, -0.15) is 13.2 Å². The number of rotatable bonds is 3. The molecule has 1 N–H and O–H groups in total. The summed E-state index contributed by atoms with van der Waals surface area (Å²) >= 11 is 0. The zero-order valence-corrected chi connectivity index (χ0v) is 16.3. The van der Waals surface area contributed by atoms with Crippen molar-refractivity contribution in [2.45, 2.75) is 61.9 Å². The molecule has 2 aliphatic heterocycles. The quantitative estimate of drug-likeness (QED) is 0.811. The molecule has 6 nitrogen and oxygen atoms in total. The maximum absolute atomic E-state index is 12.7. The van der Waals surface area contributed by atoms with E-state index < -0.39 is 44.4 Å². The fourth-order valence-electron chi connectivity index (χ4n) is 3.70. The molecule has 10 heteroatoms. The van der Waals surface area contributed by atoms with Crippen LogP contribution in [0.25, 0.3) is 0 Å². The van der Waals surface area contributed by atoms with Gasteiger partial charge in [-0.25, -0.2) is 8.42 Å². The molecule has 0 aliphatic carbocycles. The standard InChI is InChI=1S/C18H22F3NO5S/c1-17(2)16(24)15(22-8-4-3-5-14(22)23)12-9-11(6-7-13(12)27-17)28(25,26)10-18(19,20)21/h6-7,9,15-16,24H,3-5,8,10H2,1-2H3. The topological polar surface area (TPSA) is 83.9 Å². The summed E-state index contributed by atoms with van der Waals surface area (Å²) < 4.78 is 68.1. The number of hydrogen-bond acceptors (Lipinski definition) is 5. The van der Waals surface area contributed by atoms with Crippen LogP contribution < -0.4 is 4.74 Å². The van der Waals surface area contributed by atoms with E-state index in [2.05, 4.69) is 0 Å². The molecule has 156 valence electrons. The van der Waals surface area contributed by atoms with Crippen molar-refractivity contribution in [3.8, 4) is 5.75 Å². The lowest BCUT2D eigenvalue weighted by Gasteiger charge is -2.47. The maximum atomic E-state index is 12.7. The Labute approximate surface area is 161 Å². The number of ether oxygens (including phenoxy) is 1. The number of hydrogen-bond donors (Lipinski definition) is 1. The predicted molar refractivity (Wildman–Crippen MR) is 93.6 cm³/mol. The minimum atomic E-state index is -4.88. The van der Waals surface area contributed by atoms with Crippen molar-refractivity contribution >= 4 is 15.7 Å². The molecular formula is C18H22F3NO5S. The van der Waals surface area contributed by atoms with Gasteiger partial charge in [0.1, 0.15) is 17.5 Å². The number of carbonyl (C=O) groups is 1. The Morgan fingerprint density at radius 3 is 2.57 bits per heavy atom. The van der Waals surface area contributed by atoms with E-state index in [4.69, 9.17) is 4.74 Å². The smallest absolute Gasteiger partial charge is 0.403 e. The molecule has 2 heterocycles. The predicted octanol–water partition coefficient (Wildman–Crippen LogP) is 2.61. The van der Waals surface area contributed by atoms with E-state index in [0.717, 1.165) is 18.6 Å². The summed E-state index contributed by atoms with van der Waals surface area (Å²) in [7, 11) is -4.63. The molecule has 1 aromatic carbocycles. The van der Waals surface area contributed by atoms with Gasteiger partial charge in [-0.15, -0.1) is 0 Å². The third-order valence-corrected chi connectivity index (χ3v) is 6.77. The lowest BCUT2D eigenvalue weighted by Crippen LogP contribution is -2.55. The van der Waals surface area contributed by atoms with Crippen molar-refractivity contribution in [2.75, 3.05) is 12.3 Å². The Balaban J connectivity index is 2.09. The monoisotopic (exact) mass is 421 g/mol. The molecule has 3 rings (SSSR count). The summed E-state index contributed by atoms with van der Waals surface area (Å²) in [5.41, 5.74) is -0.868. The first-order chi connectivity index (χ1) is 12.8. The van der Waals surface area contributed by atoms with Gasteiger partial charge in [0.15, 0.2) is 15.6 Å². The number of benzene rings is 1. The van der Waals surface area contributed by atoms with Crippen LogP contribution in [0.1, 0.15) is 44.7 Å². The van der Waals surface area contributed by atoms with Crippen molar-refractivity contribution in [3.63, 3.8) is 0 Å². The van der Waals surface area contributed by atoms with Gasteiger partial charge in [0.2, 0.25) is 5.91 Å². The summed E-state index contributed by atoms with van der Waals surface area (Å²) in [6.45, 7) is 3.64. The van der Waals surface area contributed by atoms with Crippen LogP contribution >= 0.6 is 0 Å². The second kappa shape index (κ2) is 6.91. The molecule has 0 bridgehead atoms. The van der Waals surface area contributed by atoms with E-state index in [-0.39, 0.29) is 17.2 Å². The number of alkyl halides is 3. The molecule has 2 atom stereocenters. The van der Waals surface area contributed by atoms with Crippen molar-refractivity contribution < 1.29 is 36.2 Å². The van der Waals surface area contributed by atoms with E-state index in [1.165, 1.54) is 11.0 Å². The number of halogens is 3. The first kappa shape index (κ1) is 20.9. The SMILES string of the molecule is CC1(C)Oc2ccc(S(=O)(=O)CC(F)(F)F)cc2C(N2CCCCC2=O)C1O. The second-order valence-corrected chi connectivity index (χ2v) is 9.70. The Hall–Kier alpha value is -1.81. The summed E-state index contributed by atoms with van der Waals surface area (Å²) in [6.07, 6.45) is -4.33. The van der Waals surface area contributed by atoms with Gasteiger partial charge in [0.25, 0.3) is 0 Å². The van der Waals surface area contributed by atoms with E-state index >= 15 is 0 Å². The van der Waals surface area contributed by atoms with Gasteiger partial charge >= 0.3 is 6.18 Å². The van der Waals surface area contributed by atoms with Crippen LogP contribution in [0.5, 0.6) is 5.75 Å². The average Bonchev–Trinajstić information content (AvgIpc) is 2.54. The van der Waals surface area contributed by atoms with E-state index in [9.17, 15) is 31.5 Å². The van der Waals surface area contributed by atoms with Crippen LogP contribution in [0.15, 0.2) is 23.1 Å². The highest BCUT2D eigenvalue weighted by Gasteiger charge is 2.47. The Kier molecular flexibility index (Phi) is 5.16. The number of nitrogens with zero attached hydrogens (tertiary/aromatic N) is 1. The van der Waals surface area contributed by atoms with Crippen LogP contribution in [-0.2, 0) is 14.6 Å². The van der Waals surface area contributed by atoms with Crippen LogP contribution in [0.4, 0.5) is 13.2 Å². The third-order valence-electron chi connectivity index (χ3n) is 5.09. The number of carbonyl (C=O) groups excluding carboxylic acids is 1. The molecule has 1 saturated heterocycles. The highest BCUT2D eigenvalue weighted by Crippen LogP contribution is 2.44. The molecule has 1 fully saturated rings. The van der Waals surface area contributed by atoms with Crippen molar-refractivity contribution in [1.82, 2.24) is 4.90 Å². The number of fused-ring (bicyclic) bond motifs is 1. The summed E-state index contributed by atoms with van der Waals surface area (Å²) in [4.78, 5) is 13.4. The Morgan fingerprint density at radius 1 is 1.29 bits per heavy atom. The molecule has 1 amide bonds. The summed E-state index contributed by atoms with van der Waals surface area (Å²) in [6, 6.07) is 2.53. The van der Waals surface area contributed by atoms with E-state index in [1.807, 2.05) is 0 Å². The lowest BCUT2D eigenvalue weighted by atomic mass is 9.84. The van der Waals surface area contributed by atoms with Crippen LogP contribution in [0, 0.1) is 0 Å². The third kappa shape index (κ3) is 3.98. The largest absolute Gasteiger partial charge is 0.485 e. The molecule has 28 heavy (non-hydrogen) atoms. The molecule has 0 radical (unpaired) electrons. The molecule has 1 aromatic rings. The lowest BCUT2D eigenvalue weighted by molar-refractivity contribution is -0.147. The van der Waals surface area contributed by atoms with Gasteiger partial charge in [-0.3, -0.25) is 4.79 Å². The van der Waals surface area contributed by atoms with Crippen LogP contribution in [-0.4, -0.2) is 54.5 Å². The first-order valence-electron chi connectivity index (χ1n) is 8.92. The second-order valence-electron chi connectivity index (χ2n) is 7.71. The Bertz CT molecular complexity index is 882. The normalized spacial score (nSPS) is 25.2. The maximum Gasteiger partial charge on any atom is 0.403 e. The summed E-state index contributed by atoms with van der Waals surface area (Å²) in [5.74, 6) is -1.94. The van der Waals surface area contributed by atoms with Gasteiger partial charge in [0, 0.05) is 18.5 Å². The van der Waals surface area contributed by atoms with E-state index in [1.54, 1.807) is 13.8 Å². The van der Waals surface area contributed by atoms with Crippen LogP contribution in [0.2, 0.25) is 0 Å². The highest BCUT2D eigenvalue weighted by atomic mass is 32.2. The average molecular weight is 421 g/mol. The van der Waals surface area contributed by atoms with Gasteiger partial charge < -0.3 is 14.7 Å². The van der Waals surface area contributed by atoms with Gasteiger partial charge in [-0.1, -0.05) is 0 Å². The fourth-order valence-corrected chi connectivity index (χ4v) is 4.88. The number of likely N-dealkylation sites (tertiary alicyclic amines) is 1. The van der Waals surface area contributed by atoms with E-state index in [0.29, 0.717) is 19.4 Å². The zero-order valence-electron chi connectivity index (χ0n) is 15.5. The summed E-state index contributed by atoms with van der Waals surface area (Å²) in [5, 5.41) is 10.8. The molecule has 2 aliphatic rings. The minimum Gasteiger partial charge on any atom is -0.485 e. The zero-order chi connectivity index (χ0) is 20.9. The first-order valence-corrected chi connectivity index (χ1v) is 10.6. The minimum absolute atomic E-state index is 0.192. The molecule has 0 saturated carbocycles. The molecular weight excluding hydrogens is 399 g/mol. The fraction of sp³-hybridized carbons (Fsp3) is 0.611. The molecule has 0 aromatic heterocycles. The van der Waals surface area contributed by atoms with Gasteiger partial charge in [0.05, 0.1) is 10.9 Å². The number of amides is 1.